The summed E-state index contributed by atoms with van der Waals surface area (Å²) in [6.45, 7) is 0. The van der Waals surface area contributed by atoms with E-state index in [1.54, 1.807) is 0 Å². The van der Waals surface area contributed by atoms with Crippen LogP contribution in [0.5, 0.6) is 0 Å². The summed E-state index contributed by atoms with van der Waals surface area (Å²) in [5, 5.41) is 13.7. The Kier molecular flexibility index (Phi) is 3.35. The van der Waals surface area contributed by atoms with Crippen LogP contribution in [-0.2, 0) is 0 Å². The van der Waals surface area contributed by atoms with Crippen molar-refractivity contribution in [2.24, 2.45) is 0 Å². The van der Waals surface area contributed by atoms with E-state index in [4.69, 9.17) is 0 Å². The first-order chi connectivity index (χ1) is 5.79. The predicted octanol–water partition coefficient (Wildman–Crippen LogP) is 0.935. The maximum absolute atomic E-state index is 4.60. The molecule has 0 atom stereocenters. The second-order valence-electron chi connectivity index (χ2n) is 1.69. The maximum Gasteiger partial charge on any atom is 0.213 e. The molecule has 4 N–H and O–H groups in total. The highest BCUT2D eigenvalue weighted by Gasteiger charge is 1.67. The molecule has 8 heteroatoms. The SMILES string of the molecule is S=c1cn[nH][nH]1.S=c1nc[nH][nH]1. The standard InChI is InChI=1S/2C2H3N3S/c6-2-3-1-4-5-2;6-2-1-3-5-4-2/h2*1H,(H2,3,4,5,6). The summed E-state index contributed by atoms with van der Waals surface area (Å²) in [5.41, 5.74) is 0. The Balaban J connectivity index is 0.000000120. The number of aromatic amines is 4. The number of aromatic nitrogens is 6. The van der Waals surface area contributed by atoms with Crippen molar-refractivity contribution < 1.29 is 0 Å². The molecule has 2 aromatic rings. The molecule has 64 valence electrons. The van der Waals surface area contributed by atoms with Gasteiger partial charge in [0.15, 0.2) is 0 Å². The monoisotopic (exact) mass is 202 g/mol. The van der Waals surface area contributed by atoms with Gasteiger partial charge in [0, 0.05) is 0 Å². The van der Waals surface area contributed by atoms with E-state index in [0.29, 0.717) is 9.41 Å². The van der Waals surface area contributed by atoms with E-state index in [2.05, 4.69) is 55.0 Å². The molecule has 6 nitrogen and oxygen atoms in total. The van der Waals surface area contributed by atoms with E-state index in [1.807, 2.05) is 0 Å². The molecule has 2 heterocycles. The van der Waals surface area contributed by atoms with Crippen molar-refractivity contribution in [1.29, 1.82) is 0 Å². The topological polar surface area (TPSA) is 88.9 Å². The Labute approximate surface area is 77.4 Å². The smallest absolute Gasteiger partial charge is 0.213 e. The average Bonchev–Trinajstić information content (AvgIpc) is 2.63. The minimum atomic E-state index is 0.495. The molecule has 0 aliphatic rings. The highest BCUT2D eigenvalue weighted by molar-refractivity contribution is 7.71. The third-order valence-electron chi connectivity index (χ3n) is 0.851. The lowest BCUT2D eigenvalue weighted by Crippen LogP contribution is -1.63. The Morgan fingerprint density at radius 1 is 1.25 bits per heavy atom. The fraction of sp³-hybridized carbons (Fsp3) is 0. The second kappa shape index (κ2) is 4.57. The Morgan fingerprint density at radius 3 is 2.25 bits per heavy atom. The summed E-state index contributed by atoms with van der Waals surface area (Å²) in [6.07, 6.45) is 3.04. The first kappa shape index (κ1) is 8.81. The van der Waals surface area contributed by atoms with Crippen LogP contribution in [0.15, 0.2) is 12.5 Å². The van der Waals surface area contributed by atoms with Gasteiger partial charge >= 0.3 is 0 Å². The highest BCUT2D eigenvalue weighted by atomic mass is 32.1. The molecule has 0 saturated carbocycles. The van der Waals surface area contributed by atoms with E-state index in [0.717, 1.165) is 0 Å². The van der Waals surface area contributed by atoms with Gasteiger partial charge in [-0.1, -0.05) is 12.2 Å². The first-order valence-electron chi connectivity index (χ1n) is 2.95. The van der Waals surface area contributed by atoms with E-state index in [-0.39, 0.29) is 0 Å². The lowest BCUT2D eigenvalue weighted by atomic mass is 11.0. The summed E-state index contributed by atoms with van der Waals surface area (Å²) in [5.74, 6) is 0. The summed E-state index contributed by atoms with van der Waals surface area (Å²) >= 11 is 9.14. The largest absolute Gasteiger partial charge is 0.288 e. The van der Waals surface area contributed by atoms with E-state index in [1.165, 1.54) is 12.5 Å². The van der Waals surface area contributed by atoms with Crippen LogP contribution in [0.2, 0.25) is 0 Å². The Hall–Kier alpha value is -1.28. The Bertz CT molecular complexity index is 333. The van der Waals surface area contributed by atoms with Gasteiger partial charge in [-0.25, -0.2) is 10.2 Å². The Morgan fingerprint density at radius 2 is 2.08 bits per heavy atom. The van der Waals surface area contributed by atoms with Gasteiger partial charge in [-0.3, -0.25) is 15.3 Å². The van der Waals surface area contributed by atoms with Gasteiger partial charge in [0.05, 0.1) is 6.20 Å². The molecule has 0 amide bonds. The zero-order valence-corrected chi connectivity index (χ0v) is 7.50. The third-order valence-corrected chi connectivity index (χ3v) is 1.27. The molecule has 0 aliphatic heterocycles. The third kappa shape index (κ3) is 3.21. The molecule has 0 saturated heterocycles. The summed E-state index contributed by atoms with van der Waals surface area (Å²) in [4.78, 5) is 3.62. The maximum atomic E-state index is 4.60. The van der Waals surface area contributed by atoms with Gasteiger partial charge in [-0.2, -0.15) is 5.10 Å². The minimum Gasteiger partial charge on any atom is -0.288 e. The lowest BCUT2D eigenvalue weighted by molar-refractivity contribution is 0.937. The van der Waals surface area contributed by atoms with Gasteiger partial charge in [-0.15, -0.1) is 0 Å². The lowest BCUT2D eigenvalue weighted by Gasteiger charge is -1.55. The first-order valence-corrected chi connectivity index (χ1v) is 3.77. The van der Waals surface area contributed by atoms with E-state index >= 15 is 0 Å². The van der Waals surface area contributed by atoms with Gasteiger partial charge in [0.25, 0.3) is 0 Å². The van der Waals surface area contributed by atoms with Crippen molar-refractivity contribution in [2.75, 3.05) is 0 Å². The molecule has 0 unspecified atom stereocenters. The fourth-order valence-corrected chi connectivity index (χ4v) is 0.638. The second-order valence-corrected chi connectivity index (χ2v) is 2.52. The van der Waals surface area contributed by atoms with E-state index < -0.39 is 0 Å². The van der Waals surface area contributed by atoms with Crippen LogP contribution in [0, 0.1) is 9.41 Å². The average molecular weight is 202 g/mol. The molecule has 2 rings (SSSR count). The van der Waals surface area contributed by atoms with Crippen LogP contribution in [0.25, 0.3) is 0 Å². The zero-order chi connectivity index (χ0) is 8.81. The molecule has 0 aliphatic carbocycles. The quantitative estimate of drug-likeness (QED) is 0.478. The van der Waals surface area contributed by atoms with Crippen molar-refractivity contribution >= 4 is 24.4 Å². The summed E-state index contributed by atoms with van der Waals surface area (Å²) in [6, 6.07) is 0. The number of nitrogens with zero attached hydrogens (tertiary/aromatic N) is 2. The van der Waals surface area contributed by atoms with Crippen LogP contribution in [0.4, 0.5) is 0 Å². The molecular weight excluding hydrogens is 196 g/mol. The minimum absolute atomic E-state index is 0.495. The summed E-state index contributed by atoms with van der Waals surface area (Å²) in [7, 11) is 0. The molecule has 0 fully saturated rings. The molecule has 0 aromatic carbocycles. The van der Waals surface area contributed by atoms with Crippen molar-refractivity contribution in [1.82, 2.24) is 30.6 Å². The molecular formula is C4H6N6S2. The number of nitrogens with one attached hydrogen (secondary N) is 4. The molecule has 12 heavy (non-hydrogen) atoms. The molecule has 0 spiro atoms. The van der Waals surface area contributed by atoms with Crippen LogP contribution in [0.3, 0.4) is 0 Å². The van der Waals surface area contributed by atoms with Gasteiger partial charge < -0.3 is 0 Å². The van der Waals surface area contributed by atoms with Crippen molar-refractivity contribution in [3.63, 3.8) is 0 Å². The van der Waals surface area contributed by atoms with Crippen LogP contribution < -0.4 is 0 Å². The molecule has 2 aromatic heterocycles. The van der Waals surface area contributed by atoms with Crippen LogP contribution in [-0.4, -0.2) is 30.6 Å². The normalized spacial score (nSPS) is 8.67. The number of hydrogen-bond acceptors (Lipinski definition) is 4. The van der Waals surface area contributed by atoms with Crippen molar-refractivity contribution in [3.05, 3.63) is 21.9 Å². The number of hydrogen-bond donors (Lipinski definition) is 4. The van der Waals surface area contributed by atoms with E-state index in [9.17, 15) is 0 Å². The number of H-pyrrole nitrogens is 4. The fourth-order valence-electron chi connectivity index (χ4n) is 0.428. The molecule has 0 radical (unpaired) electrons. The zero-order valence-electron chi connectivity index (χ0n) is 5.87. The van der Waals surface area contributed by atoms with Gasteiger partial charge in [0.1, 0.15) is 11.0 Å². The molecule has 0 bridgehead atoms. The summed E-state index contributed by atoms with van der Waals surface area (Å²) < 4.78 is 1.13. The van der Waals surface area contributed by atoms with Crippen LogP contribution >= 0.6 is 24.4 Å². The van der Waals surface area contributed by atoms with Gasteiger partial charge in [0.2, 0.25) is 4.77 Å². The van der Waals surface area contributed by atoms with Crippen LogP contribution in [0.1, 0.15) is 0 Å². The van der Waals surface area contributed by atoms with Crippen molar-refractivity contribution in [3.8, 4) is 0 Å². The highest BCUT2D eigenvalue weighted by Crippen LogP contribution is 1.69. The van der Waals surface area contributed by atoms with Crippen molar-refractivity contribution in [2.45, 2.75) is 0 Å². The van der Waals surface area contributed by atoms with Gasteiger partial charge in [-0.05, 0) is 12.2 Å². The number of rotatable bonds is 0. The predicted molar refractivity (Wildman–Crippen MR) is 47.5 cm³/mol.